The van der Waals surface area contributed by atoms with Crippen LogP contribution < -0.4 is 0 Å². The Labute approximate surface area is 141 Å². The monoisotopic (exact) mass is 498 g/mol. The van der Waals surface area contributed by atoms with Gasteiger partial charge in [0.05, 0.1) is 6.10 Å². The summed E-state index contributed by atoms with van der Waals surface area (Å²) < 4.78 is 15.9. The summed E-state index contributed by atoms with van der Waals surface area (Å²) in [5.41, 5.74) is 1.56. The molecule has 0 bridgehead atoms. The lowest BCUT2D eigenvalue weighted by atomic mass is 10.0. The van der Waals surface area contributed by atoms with E-state index in [2.05, 4.69) is 54.5 Å². The van der Waals surface area contributed by atoms with Crippen LogP contribution in [0.5, 0.6) is 0 Å². The van der Waals surface area contributed by atoms with E-state index >= 15 is 0 Å². The number of rotatable bonds is 3. The zero-order valence-electron chi connectivity index (χ0n) is 9.71. The van der Waals surface area contributed by atoms with Gasteiger partial charge in [0.2, 0.25) is 0 Å². The molecule has 0 amide bonds. The van der Waals surface area contributed by atoms with E-state index in [-0.39, 0.29) is 5.82 Å². The van der Waals surface area contributed by atoms with Crippen LogP contribution in [-0.4, -0.2) is 5.11 Å². The van der Waals surface area contributed by atoms with Crippen molar-refractivity contribution in [2.75, 3.05) is 0 Å². The van der Waals surface area contributed by atoms with Crippen LogP contribution in [0.1, 0.15) is 17.2 Å². The van der Waals surface area contributed by atoms with Crippen molar-refractivity contribution in [3.63, 3.8) is 0 Å². The van der Waals surface area contributed by atoms with Crippen LogP contribution in [0.4, 0.5) is 4.39 Å². The SMILES string of the molecule is OC(Cc1cc(F)ccc1Br)c1cc(I)ccc1Br. The predicted octanol–water partition coefficient (Wildman–Crippen LogP) is 5.23. The van der Waals surface area contributed by atoms with Crippen molar-refractivity contribution in [3.8, 4) is 0 Å². The molecule has 2 aromatic rings. The molecule has 1 atom stereocenters. The van der Waals surface area contributed by atoms with E-state index in [4.69, 9.17) is 0 Å². The van der Waals surface area contributed by atoms with Gasteiger partial charge in [-0.3, -0.25) is 0 Å². The van der Waals surface area contributed by atoms with Crippen molar-refractivity contribution >= 4 is 54.5 Å². The van der Waals surface area contributed by atoms with Crippen LogP contribution in [0.2, 0.25) is 0 Å². The van der Waals surface area contributed by atoms with Gasteiger partial charge < -0.3 is 5.11 Å². The predicted molar refractivity (Wildman–Crippen MR) is 89.6 cm³/mol. The first-order chi connectivity index (χ1) is 8.97. The number of hydrogen-bond donors (Lipinski definition) is 1. The third kappa shape index (κ3) is 4.00. The van der Waals surface area contributed by atoms with E-state index in [9.17, 15) is 9.50 Å². The lowest BCUT2D eigenvalue weighted by molar-refractivity contribution is 0.177. The zero-order valence-corrected chi connectivity index (χ0v) is 15.0. The molecule has 5 heteroatoms. The van der Waals surface area contributed by atoms with Gasteiger partial charge >= 0.3 is 0 Å². The number of aliphatic hydroxyl groups is 1. The Morgan fingerprint density at radius 2 is 1.79 bits per heavy atom. The van der Waals surface area contributed by atoms with Gasteiger partial charge in [-0.25, -0.2) is 4.39 Å². The molecule has 1 nitrogen and oxygen atoms in total. The molecule has 0 fully saturated rings. The smallest absolute Gasteiger partial charge is 0.123 e. The Morgan fingerprint density at radius 1 is 1.11 bits per heavy atom. The van der Waals surface area contributed by atoms with Gasteiger partial charge in [-0.2, -0.15) is 0 Å². The maximum absolute atomic E-state index is 13.2. The molecule has 0 aromatic heterocycles. The van der Waals surface area contributed by atoms with Crippen LogP contribution in [0.15, 0.2) is 45.3 Å². The first-order valence-electron chi connectivity index (χ1n) is 5.54. The minimum atomic E-state index is -0.679. The first-order valence-corrected chi connectivity index (χ1v) is 8.21. The van der Waals surface area contributed by atoms with Gasteiger partial charge in [0, 0.05) is 18.9 Å². The van der Waals surface area contributed by atoms with E-state index in [0.717, 1.165) is 23.6 Å². The Hall–Kier alpha value is 0.0200. The average molecular weight is 500 g/mol. The van der Waals surface area contributed by atoms with Crippen molar-refractivity contribution in [3.05, 3.63) is 65.9 Å². The molecule has 0 aliphatic carbocycles. The Bertz CT molecular complexity index is 604. The highest BCUT2D eigenvalue weighted by molar-refractivity contribution is 14.1. The standard InChI is InChI=1S/C14H10Br2FIO/c15-12-3-1-9(17)5-8(12)6-14(19)11-7-10(18)2-4-13(11)16/h1-5,7,14,19H,6H2. The van der Waals surface area contributed by atoms with Gasteiger partial charge in [0.15, 0.2) is 0 Å². The molecule has 0 radical (unpaired) electrons. The minimum absolute atomic E-state index is 0.299. The highest BCUT2D eigenvalue weighted by atomic mass is 127. The van der Waals surface area contributed by atoms with E-state index in [1.165, 1.54) is 12.1 Å². The number of aliphatic hydroxyl groups excluding tert-OH is 1. The van der Waals surface area contributed by atoms with E-state index < -0.39 is 6.10 Å². The summed E-state index contributed by atoms with van der Waals surface area (Å²) in [5, 5.41) is 10.3. The van der Waals surface area contributed by atoms with Crippen LogP contribution in [0.3, 0.4) is 0 Å². The molecule has 0 spiro atoms. The largest absolute Gasteiger partial charge is 0.388 e. The summed E-state index contributed by atoms with van der Waals surface area (Å²) in [6.07, 6.45) is -0.320. The topological polar surface area (TPSA) is 20.2 Å². The van der Waals surface area contributed by atoms with E-state index in [1.807, 2.05) is 18.2 Å². The number of benzene rings is 2. The zero-order chi connectivity index (χ0) is 14.0. The highest BCUT2D eigenvalue weighted by Crippen LogP contribution is 2.30. The minimum Gasteiger partial charge on any atom is -0.388 e. The van der Waals surface area contributed by atoms with Crippen molar-refractivity contribution in [2.24, 2.45) is 0 Å². The Morgan fingerprint density at radius 3 is 2.53 bits per heavy atom. The fraction of sp³-hybridized carbons (Fsp3) is 0.143. The fourth-order valence-electron chi connectivity index (χ4n) is 1.79. The van der Waals surface area contributed by atoms with Gasteiger partial charge in [0.1, 0.15) is 5.82 Å². The summed E-state index contributed by atoms with van der Waals surface area (Å²) in [7, 11) is 0. The van der Waals surface area contributed by atoms with Gasteiger partial charge in [-0.1, -0.05) is 31.9 Å². The van der Waals surface area contributed by atoms with E-state index in [0.29, 0.717) is 6.42 Å². The molecule has 2 aromatic carbocycles. The van der Waals surface area contributed by atoms with Crippen LogP contribution in [0.25, 0.3) is 0 Å². The van der Waals surface area contributed by atoms with Gasteiger partial charge in [-0.15, -0.1) is 0 Å². The normalized spacial score (nSPS) is 12.5. The van der Waals surface area contributed by atoms with Crippen molar-refractivity contribution in [1.82, 2.24) is 0 Å². The van der Waals surface area contributed by atoms with E-state index in [1.54, 1.807) is 6.07 Å². The molecule has 0 aliphatic rings. The Balaban J connectivity index is 2.27. The molecule has 2 rings (SSSR count). The lowest BCUT2D eigenvalue weighted by Gasteiger charge is -2.14. The second-order valence-electron chi connectivity index (χ2n) is 4.12. The summed E-state index contributed by atoms with van der Waals surface area (Å²) in [6, 6.07) is 10.3. The van der Waals surface area contributed by atoms with Gasteiger partial charge in [0.25, 0.3) is 0 Å². The fourth-order valence-corrected chi connectivity index (χ4v) is 3.22. The number of halogens is 4. The van der Waals surface area contributed by atoms with Crippen LogP contribution in [-0.2, 0) is 6.42 Å². The molecule has 0 aliphatic heterocycles. The second-order valence-corrected chi connectivity index (χ2v) is 7.08. The number of hydrogen-bond acceptors (Lipinski definition) is 1. The average Bonchev–Trinajstić information content (AvgIpc) is 2.36. The first kappa shape index (κ1) is 15.4. The molecule has 1 unspecified atom stereocenters. The molecule has 0 saturated carbocycles. The molecule has 100 valence electrons. The van der Waals surface area contributed by atoms with Crippen LogP contribution in [0, 0.1) is 9.39 Å². The Kier molecular flexibility index (Phi) is 5.39. The van der Waals surface area contributed by atoms with Crippen molar-refractivity contribution < 1.29 is 9.50 Å². The molecular formula is C14H10Br2FIO. The molecule has 0 saturated heterocycles. The summed E-state index contributed by atoms with van der Waals surface area (Å²) in [4.78, 5) is 0. The van der Waals surface area contributed by atoms with Crippen molar-refractivity contribution in [1.29, 1.82) is 0 Å². The third-order valence-corrected chi connectivity index (χ3v) is 4.90. The molecular weight excluding hydrogens is 490 g/mol. The van der Waals surface area contributed by atoms with Crippen molar-refractivity contribution in [2.45, 2.75) is 12.5 Å². The van der Waals surface area contributed by atoms with Gasteiger partial charge in [-0.05, 0) is 70.1 Å². The molecule has 1 N–H and O–H groups in total. The molecule has 19 heavy (non-hydrogen) atoms. The maximum Gasteiger partial charge on any atom is 0.123 e. The molecule has 0 heterocycles. The third-order valence-electron chi connectivity index (χ3n) is 2.74. The summed E-state index contributed by atoms with van der Waals surface area (Å²) in [6.45, 7) is 0. The second kappa shape index (κ2) is 6.65. The maximum atomic E-state index is 13.2. The quantitative estimate of drug-likeness (QED) is 0.573. The summed E-state index contributed by atoms with van der Waals surface area (Å²) >= 11 is 9.00. The summed E-state index contributed by atoms with van der Waals surface area (Å²) in [5.74, 6) is -0.299. The van der Waals surface area contributed by atoms with Crippen LogP contribution >= 0.6 is 54.5 Å². The highest BCUT2D eigenvalue weighted by Gasteiger charge is 2.14. The lowest BCUT2D eigenvalue weighted by Crippen LogP contribution is -2.04.